The zero-order valence-corrected chi connectivity index (χ0v) is 13.2. The maximum Gasteiger partial charge on any atom is 0.317 e. The van der Waals surface area contributed by atoms with Gasteiger partial charge in [0.1, 0.15) is 0 Å². The van der Waals surface area contributed by atoms with Crippen molar-refractivity contribution in [2.45, 2.75) is 44.2 Å². The highest BCUT2D eigenvalue weighted by Gasteiger charge is 2.38. The summed E-state index contributed by atoms with van der Waals surface area (Å²) in [4.78, 5) is 29.1. The van der Waals surface area contributed by atoms with E-state index in [0.717, 1.165) is 25.8 Å². The van der Waals surface area contributed by atoms with E-state index >= 15 is 0 Å². The van der Waals surface area contributed by atoms with Crippen LogP contribution in [0.5, 0.6) is 0 Å². The van der Waals surface area contributed by atoms with Gasteiger partial charge in [0.25, 0.3) is 6.43 Å². The van der Waals surface area contributed by atoms with E-state index in [1.165, 1.54) is 0 Å². The second kappa shape index (κ2) is 6.98. The summed E-state index contributed by atoms with van der Waals surface area (Å²) in [5.74, 6) is 0.184. The molecule has 0 bridgehead atoms. The fourth-order valence-electron chi connectivity index (χ4n) is 3.73. The number of hydrogen-bond acceptors (Lipinski definition) is 3. The summed E-state index contributed by atoms with van der Waals surface area (Å²) in [5.41, 5.74) is 0. The Morgan fingerprint density at radius 2 is 2.04 bits per heavy atom. The van der Waals surface area contributed by atoms with Crippen molar-refractivity contribution >= 4 is 11.9 Å². The molecule has 3 saturated heterocycles. The lowest BCUT2D eigenvalue weighted by Crippen LogP contribution is -2.63. The molecule has 0 aromatic rings. The van der Waals surface area contributed by atoms with E-state index in [4.69, 9.17) is 0 Å². The van der Waals surface area contributed by atoms with E-state index in [1.54, 1.807) is 9.80 Å². The first kappa shape index (κ1) is 16.4. The molecule has 8 heteroatoms. The zero-order chi connectivity index (χ0) is 16.4. The highest BCUT2D eigenvalue weighted by molar-refractivity contribution is 5.80. The summed E-state index contributed by atoms with van der Waals surface area (Å²) in [6.07, 6.45) is 0.933. The minimum Gasteiger partial charge on any atom is -0.336 e. The van der Waals surface area contributed by atoms with Crippen molar-refractivity contribution in [3.63, 3.8) is 0 Å². The first-order chi connectivity index (χ1) is 11.0. The summed E-state index contributed by atoms with van der Waals surface area (Å²) in [5, 5.41) is 2.85. The molecule has 1 unspecified atom stereocenters. The SMILES string of the molecule is O=C(NCC1CCCN1CC(F)F)N1CC(N2CCCC2=O)C1. The van der Waals surface area contributed by atoms with Gasteiger partial charge in [-0.25, -0.2) is 13.6 Å². The maximum absolute atomic E-state index is 12.5. The fourth-order valence-corrected chi connectivity index (χ4v) is 3.73. The minimum absolute atomic E-state index is 0.00480. The lowest BCUT2D eigenvalue weighted by Gasteiger charge is -2.43. The smallest absolute Gasteiger partial charge is 0.317 e. The number of amides is 3. The quantitative estimate of drug-likeness (QED) is 0.809. The Labute approximate surface area is 134 Å². The molecule has 1 atom stereocenters. The molecular formula is C15H24F2N4O2. The molecule has 0 aromatic heterocycles. The van der Waals surface area contributed by atoms with Gasteiger partial charge in [-0.2, -0.15) is 0 Å². The molecular weight excluding hydrogens is 306 g/mol. The highest BCUT2D eigenvalue weighted by Crippen LogP contribution is 2.21. The molecule has 23 heavy (non-hydrogen) atoms. The number of likely N-dealkylation sites (tertiary alicyclic amines) is 3. The van der Waals surface area contributed by atoms with Gasteiger partial charge >= 0.3 is 6.03 Å². The number of carbonyl (C=O) groups excluding carboxylic acids is 2. The van der Waals surface area contributed by atoms with Crippen LogP contribution in [-0.4, -0.2) is 84.4 Å². The summed E-state index contributed by atoms with van der Waals surface area (Å²) < 4.78 is 25.0. The molecule has 6 nitrogen and oxygen atoms in total. The average molecular weight is 330 g/mol. The third-order valence-corrected chi connectivity index (χ3v) is 5.06. The molecule has 0 spiro atoms. The molecule has 0 aliphatic carbocycles. The molecule has 3 heterocycles. The predicted octanol–water partition coefficient (Wildman–Crippen LogP) is 0.732. The van der Waals surface area contributed by atoms with Crippen LogP contribution in [0.2, 0.25) is 0 Å². The van der Waals surface area contributed by atoms with Crippen molar-refractivity contribution in [3.8, 4) is 0 Å². The second-order valence-electron chi connectivity index (χ2n) is 6.62. The second-order valence-corrected chi connectivity index (χ2v) is 6.62. The van der Waals surface area contributed by atoms with Crippen LogP contribution in [0.25, 0.3) is 0 Å². The number of halogens is 2. The number of nitrogens with one attached hydrogen (secondary N) is 1. The maximum atomic E-state index is 12.5. The van der Waals surface area contributed by atoms with Crippen LogP contribution in [0.4, 0.5) is 13.6 Å². The molecule has 3 aliphatic heterocycles. The van der Waals surface area contributed by atoms with Crippen molar-refractivity contribution in [2.24, 2.45) is 0 Å². The summed E-state index contributed by atoms with van der Waals surface area (Å²) in [6.45, 7) is 2.81. The Hall–Kier alpha value is -1.44. The molecule has 3 amide bonds. The Kier molecular flexibility index (Phi) is 4.99. The summed E-state index contributed by atoms with van der Waals surface area (Å²) in [6, 6.07) is -0.000427. The number of rotatable bonds is 5. The zero-order valence-electron chi connectivity index (χ0n) is 13.2. The van der Waals surface area contributed by atoms with Gasteiger partial charge in [0, 0.05) is 38.6 Å². The average Bonchev–Trinajstić information content (AvgIpc) is 3.04. The lowest BCUT2D eigenvalue weighted by molar-refractivity contribution is -0.132. The van der Waals surface area contributed by atoms with Gasteiger partial charge in [-0.3, -0.25) is 9.69 Å². The van der Waals surface area contributed by atoms with Crippen LogP contribution < -0.4 is 5.32 Å². The Morgan fingerprint density at radius 3 is 2.70 bits per heavy atom. The fraction of sp³-hybridized carbons (Fsp3) is 0.867. The summed E-state index contributed by atoms with van der Waals surface area (Å²) in [7, 11) is 0. The molecule has 0 saturated carbocycles. The van der Waals surface area contributed by atoms with Crippen LogP contribution in [0.1, 0.15) is 25.7 Å². The Morgan fingerprint density at radius 1 is 1.26 bits per heavy atom. The van der Waals surface area contributed by atoms with E-state index in [2.05, 4.69) is 5.32 Å². The van der Waals surface area contributed by atoms with Crippen molar-refractivity contribution in [1.29, 1.82) is 0 Å². The number of urea groups is 1. The molecule has 0 radical (unpaired) electrons. The van der Waals surface area contributed by atoms with Gasteiger partial charge in [0.2, 0.25) is 5.91 Å². The Bertz CT molecular complexity index is 457. The minimum atomic E-state index is -2.33. The van der Waals surface area contributed by atoms with Crippen LogP contribution in [0.3, 0.4) is 0 Å². The standard InChI is InChI=1S/C15H24F2N4O2/c16-13(17)10-19-5-1-3-11(19)7-18-15(23)20-8-12(9-20)21-6-2-4-14(21)22/h11-13H,1-10H2,(H,18,23). The van der Waals surface area contributed by atoms with Crippen molar-refractivity contribution < 1.29 is 18.4 Å². The highest BCUT2D eigenvalue weighted by atomic mass is 19.3. The van der Waals surface area contributed by atoms with Gasteiger partial charge in [0.05, 0.1) is 12.6 Å². The van der Waals surface area contributed by atoms with Gasteiger partial charge in [-0.05, 0) is 25.8 Å². The van der Waals surface area contributed by atoms with Gasteiger partial charge in [-0.15, -0.1) is 0 Å². The molecule has 1 N–H and O–H groups in total. The van der Waals surface area contributed by atoms with E-state index in [-0.39, 0.29) is 30.6 Å². The lowest BCUT2D eigenvalue weighted by atomic mass is 10.1. The van der Waals surface area contributed by atoms with Crippen LogP contribution in [-0.2, 0) is 4.79 Å². The first-order valence-corrected chi connectivity index (χ1v) is 8.39. The monoisotopic (exact) mass is 330 g/mol. The molecule has 3 aliphatic rings. The van der Waals surface area contributed by atoms with Gasteiger partial charge in [-0.1, -0.05) is 0 Å². The molecule has 130 valence electrons. The van der Waals surface area contributed by atoms with Crippen molar-refractivity contribution in [3.05, 3.63) is 0 Å². The number of hydrogen-bond donors (Lipinski definition) is 1. The third-order valence-electron chi connectivity index (χ3n) is 5.06. The van der Waals surface area contributed by atoms with E-state index < -0.39 is 6.43 Å². The van der Waals surface area contributed by atoms with E-state index in [1.807, 2.05) is 4.90 Å². The third kappa shape index (κ3) is 3.73. The van der Waals surface area contributed by atoms with Crippen LogP contribution in [0, 0.1) is 0 Å². The normalized spacial score (nSPS) is 26.2. The molecule has 0 aromatic carbocycles. The Balaban J connectivity index is 1.38. The van der Waals surface area contributed by atoms with Crippen LogP contribution >= 0.6 is 0 Å². The predicted molar refractivity (Wildman–Crippen MR) is 80.3 cm³/mol. The topological polar surface area (TPSA) is 55.9 Å². The van der Waals surface area contributed by atoms with Crippen LogP contribution in [0.15, 0.2) is 0 Å². The van der Waals surface area contributed by atoms with E-state index in [0.29, 0.717) is 32.6 Å². The molecule has 3 rings (SSSR count). The van der Waals surface area contributed by atoms with E-state index in [9.17, 15) is 18.4 Å². The van der Waals surface area contributed by atoms with Crippen molar-refractivity contribution in [1.82, 2.24) is 20.0 Å². The largest absolute Gasteiger partial charge is 0.336 e. The first-order valence-electron chi connectivity index (χ1n) is 8.39. The number of carbonyl (C=O) groups is 2. The van der Waals surface area contributed by atoms with Crippen molar-refractivity contribution in [2.75, 3.05) is 39.3 Å². The molecule has 3 fully saturated rings. The van der Waals surface area contributed by atoms with Gasteiger partial charge in [0.15, 0.2) is 0 Å². The van der Waals surface area contributed by atoms with Gasteiger partial charge < -0.3 is 15.1 Å². The summed E-state index contributed by atoms with van der Waals surface area (Å²) >= 11 is 0. The number of alkyl halides is 2. The number of nitrogens with zero attached hydrogens (tertiary/aromatic N) is 3.